The molecule has 3 heterocycles. The first-order valence-electron chi connectivity index (χ1n) is 10.9. The number of carbonyl (C=O) groups is 2. The largest absolute Gasteiger partial charge is 0.454 e. The van der Waals surface area contributed by atoms with E-state index in [0.29, 0.717) is 48.2 Å². The third-order valence-electron chi connectivity index (χ3n) is 5.77. The fraction of sp³-hybridized carbons (Fsp3) is 0.458. The zero-order chi connectivity index (χ0) is 22.0. The summed E-state index contributed by atoms with van der Waals surface area (Å²) >= 11 is 0. The van der Waals surface area contributed by atoms with Gasteiger partial charge in [-0.3, -0.25) is 14.6 Å². The maximum Gasteiger partial charge on any atom is 0.253 e. The molecular formula is C24H29N3O4. The van der Waals surface area contributed by atoms with Gasteiger partial charge in [-0.05, 0) is 56.0 Å². The van der Waals surface area contributed by atoms with Crippen LogP contribution in [0, 0.1) is 12.8 Å². The molecule has 2 amide bonds. The Morgan fingerprint density at radius 2 is 1.87 bits per heavy atom. The molecule has 2 aliphatic rings. The number of rotatable bonds is 5. The first-order chi connectivity index (χ1) is 14.9. The number of hydrogen-bond donors (Lipinski definition) is 1. The molecule has 7 nitrogen and oxygen atoms in total. The molecule has 31 heavy (non-hydrogen) atoms. The Morgan fingerprint density at radius 3 is 2.61 bits per heavy atom. The van der Waals surface area contributed by atoms with Crippen LogP contribution in [0.2, 0.25) is 0 Å². The molecule has 1 saturated heterocycles. The fourth-order valence-electron chi connectivity index (χ4n) is 4.04. The lowest BCUT2D eigenvalue weighted by molar-refractivity contribution is 0.0710. The van der Waals surface area contributed by atoms with E-state index in [4.69, 9.17) is 14.5 Å². The molecule has 0 aliphatic carbocycles. The predicted octanol–water partition coefficient (Wildman–Crippen LogP) is 3.52. The number of likely N-dealkylation sites (tertiary alicyclic amines) is 1. The quantitative estimate of drug-likeness (QED) is 0.796. The van der Waals surface area contributed by atoms with E-state index < -0.39 is 0 Å². The minimum Gasteiger partial charge on any atom is -0.454 e. The maximum atomic E-state index is 13.0. The highest BCUT2D eigenvalue weighted by atomic mass is 16.7. The second-order valence-electron chi connectivity index (χ2n) is 8.62. The number of nitrogens with one attached hydrogen (secondary N) is 1. The van der Waals surface area contributed by atoms with E-state index in [1.165, 1.54) is 0 Å². The molecule has 0 bridgehead atoms. The molecule has 0 spiro atoms. The van der Waals surface area contributed by atoms with Gasteiger partial charge in [0.15, 0.2) is 11.5 Å². The van der Waals surface area contributed by atoms with Gasteiger partial charge in [-0.2, -0.15) is 0 Å². The van der Waals surface area contributed by atoms with Crippen LogP contribution in [0.25, 0.3) is 0 Å². The van der Waals surface area contributed by atoms with Gasteiger partial charge in [-0.25, -0.2) is 0 Å². The molecule has 1 N–H and O–H groups in total. The highest BCUT2D eigenvalue weighted by Gasteiger charge is 2.29. The number of aromatic nitrogens is 1. The molecule has 2 aromatic rings. The first kappa shape index (κ1) is 21.2. The summed E-state index contributed by atoms with van der Waals surface area (Å²) in [5, 5.41) is 3.00. The number of hydrogen-bond acceptors (Lipinski definition) is 5. The second-order valence-corrected chi connectivity index (χ2v) is 8.62. The van der Waals surface area contributed by atoms with Crippen molar-refractivity contribution >= 4 is 11.8 Å². The van der Waals surface area contributed by atoms with Gasteiger partial charge in [0.1, 0.15) is 0 Å². The number of carbonyl (C=O) groups excluding carboxylic acids is 2. The van der Waals surface area contributed by atoms with Crippen LogP contribution in [0.15, 0.2) is 30.3 Å². The molecule has 1 aromatic carbocycles. The van der Waals surface area contributed by atoms with Gasteiger partial charge in [-0.1, -0.05) is 13.8 Å². The molecule has 2 aliphatic heterocycles. The molecular weight excluding hydrogens is 394 g/mol. The smallest absolute Gasteiger partial charge is 0.253 e. The lowest BCUT2D eigenvalue weighted by Gasteiger charge is -2.32. The van der Waals surface area contributed by atoms with Crippen molar-refractivity contribution in [1.82, 2.24) is 15.2 Å². The third kappa shape index (κ3) is 4.65. The Morgan fingerprint density at radius 1 is 1.13 bits per heavy atom. The van der Waals surface area contributed by atoms with E-state index >= 15 is 0 Å². The standard InChI is InChI=1S/C24H29N3O4/c1-15(2)13-25-23(28)19-6-4-16(3)26-22(19)17-8-10-27(11-9-17)24(29)18-5-7-20-21(12-18)31-14-30-20/h4-7,12,15,17H,8-11,13-14H2,1-3H3,(H,25,28). The van der Waals surface area contributed by atoms with Crippen LogP contribution in [-0.4, -0.2) is 48.1 Å². The van der Waals surface area contributed by atoms with Gasteiger partial charge in [0.2, 0.25) is 6.79 Å². The number of pyridine rings is 1. The molecule has 0 saturated carbocycles. The average molecular weight is 424 g/mol. The third-order valence-corrected chi connectivity index (χ3v) is 5.77. The number of amides is 2. The average Bonchev–Trinajstić information content (AvgIpc) is 3.25. The Bertz CT molecular complexity index is 981. The van der Waals surface area contributed by atoms with Crippen molar-refractivity contribution in [2.75, 3.05) is 26.4 Å². The lowest BCUT2D eigenvalue weighted by Crippen LogP contribution is -2.38. The second kappa shape index (κ2) is 8.96. The van der Waals surface area contributed by atoms with Crippen molar-refractivity contribution in [3.8, 4) is 11.5 Å². The van der Waals surface area contributed by atoms with E-state index in [9.17, 15) is 9.59 Å². The Kier molecular flexibility index (Phi) is 6.11. The zero-order valence-electron chi connectivity index (χ0n) is 18.3. The van der Waals surface area contributed by atoms with Crippen molar-refractivity contribution in [2.24, 2.45) is 5.92 Å². The summed E-state index contributed by atoms with van der Waals surface area (Å²) in [4.78, 5) is 32.3. The number of fused-ring (bicyclic) bond motifs is 1. The normalized spacial score (nSPS) is 15.9. The molecule has 164 valence electrons. The summed E-state index contributed by atoms with van der Waals surface area (Å²) < 4.78 is 10.7. The monoisotopic (exact) mass is 423 g/mol. The van der Waals surface area contributed by atoms with Gasteiger partial charge < -0.3 is 19.7 Å². The van der Waals surface area contributed by atoms with E-state index in [1.807, 2.05) is 24.0 Å². The molecule has 1 fully saturated rings. The van der Waals surface area contributed by atoms with Crippen LogP contribution in [-0.2, 0) is 0 Å². The van der Waals surface area contributed by atoms with Crippen LogP contribution in [0.5, 0.6) is 11.5 Å². The molecule has 0 unspecified atom stereocenters. The molecule has 4 rings (SSSR count). The van der Waals surface area contributed by atoms with Crippen molar-refractivity contribution in [3.63, 3.8) is 0 Å². The molecule has 1 aromatic heterocycles. The summed E-state index contributed by atoms with van der Waals surface area (Å²) in [5.74, 6) is 1.74. The SMILES string of the molecule is Cc1ccc(C(=O)NCC(C)C)c(C2CCN(C(=O)c3ccc4c(c3)OCO4)CC2)n1. The number of nitrogens with zero attached hydrogens (tertiary/aromatic N) is 2. The van der Waals surface area contributed by atoms with E-state index in [-0.39, 0.29) is 24.5 Å². The maximum absolute atomic E-state index is 13.0. The van der Waals surface area contributed by atoms with Gasteiger partial charge in [0, 0.05) is 36.8 Å². The summed E-state index contributed by atoms with van der Waals surface area (Å²) in [6.45, 7) is 8.16. The number of benzene rings is 1. The minimum atomic E-state index is -0.0740. The van der Waals surface area contributed by atoms with Gasteiger partial charge >= 0.3 is 0 Å². The minimum absolute atomic E-state index is 0.0103. The summed E-state index contributed by atoms with van der Waals surface area (Å²) in [6, 6.07) is 9.06. The molecule has 0 radical (unpaired) electrons. The van der Waals surface area contributed by atoms with E-state index in [0.717, 1.165) is 24.2 Å². The first-order valence-corrected chi connectivity index (χ1v) is 10.9. The van der Waals surface area contributed by atoms with Gasteiger partial charge in [0.25, 0.3) is 11.8 Å². The molecule has 0 atom stereocenters. The van der Waals surface area contributed by atoms with Gasteiger partial charge in [-0.15, -0.1) is 0 Å². The highest BCUT2D eigenvalue weighted by molar-refractivity contribution is 5.96. The predicted molar refractivity (Wildman–Crippen MR) is 117 cm³/mol. The van der Waals surface area contributed by atoms with Crippen LogP contribution >= 0.6 is 0 Å². The van der Waals surface area contributed by atoms with Crippen LogP contribution in [0.1, 0.15) is 64.7 Å². The summed E-state index contributed by atoms with van der Waals surface area (Å²) in [6.07, 6.45) is 1.55. The van der Waals surface area contributed by atoms with Crippen molar-refractivity contribution < 1.29 is 19.1 Å². The van der Waals surface area contributed by atoms with Crippen LogP contribution in [0.3, 0.4) is 0 Å². The van der Waals surface area contributed by atoms with Crippen molar-refractivity contribution in [1.29, 1.82) is 0 Å². The highest BCUT2D eigenvalue weighted by Crippen LogP contribution is 2.34. The van der Waals surface area contributed by atoms with E-state index in [1.54, 1.807) is 18.2 Å². The number of ether oxygens (including phenoxy) is 2. The number of aryl methyl sites for hydroxylation is 1. The topological polar surface area (TPSA) is 80.8 Å². The number of piperidine rings is 1. The van der Waals surface area contributed by atoms with Crippen LogP contribution < -0.4 is 14.8 Å². The van der Waals surface area contributed by atoms with Crippen molar-refractivity contribution in [3.05, 3.63) is 52.8 Å². The fourth-order valence-corrected chi connectivity index (χ4v) is 4.04. The van der Waals surface area contributed by atoms with E-state index in [2.05, 4.69) is 19.2 Å². The Balaban J connectivity index is 1.44. The van der Waals surface area contributed by atoms with Crippen molar-refractivity contribution in [2.45, 2.75) is 39.5 Å². The Hall–Kier alpha value is -3.09. The van der Waals surface area contributed by atoms with Crippen LogP contribution in [0.4, 0.5) is 0 Å². The lowest BCUT2D eigenvalue weighted by atomic mass is 9.89. The summed E-state index contributed by atoms with van der Waals surface area (Å²) in [5.41, 5.74) is 2.99. The Labute approximate surface area is 182 Å². The summed E-state index contributed by atoms with van der Waals surface area (Å²) in [7, 11) is 0. The molecule has 7 heteroatoms. The van der Waals surface area contributed by atoms with Gasteiger partial charge in [0.05, 0.1) is 11.3 Å². The zero-order valence-corrected chi connectivity index (χ0v) is 18.3.